The van der Waals surface area contributed by atoms with Crippen LogP contribution in [-0.2, 0) is 19.9 Å². The normalized spacial score (nSPS) is 21.9. The lowest BCUT2D eigenvalue weighted by molar-refractivity contribution is 0.517. The summed E-state index contributed by atoms with van der Waals surface area (Å²) in [6.07, 6.45) is 1.04. The van der Waals surface area contributed by atoms with Crippen LogP contribution in [0, 0.1) is 0 Å². The van der Waals surface area contributed by atoms with Gasteiger partial charge in [0.15, 0.2) is 9.84 Å². The zero-order valence-electron chi connectivity index (χ0n) is 12.1. The van der Waals surface area contributed by atoms with Gasteiger partial charge in [0.05, 0.1) is 16.4 Å². The second-order valence-corrected chi connectivity index (χ2v) is 9.41. The van der Waals surface area contributed by atoms with Crippen LogP contribution in [0.4, 0.5) is 5.69 Å². The molecule has 2 rings (SSSR count). The molecule has 1 atom stereocenters. The molecule has 1 aromatic carbocycles. The Labute approximate surface area is 126 Å². The predicted octanol–water partition coefficient (Wildman–Crippen LogP) is 0.608. The second-order valence-electron chi connectivity index (χ2n) is 5.47. The Hall–Kier alpha value is -1.12. The van der Waals surface area contributed by atoms with E-state index in [-0.39, 0.29) is 16.4 Å². The largest absolute Gasteiger partial charge is 0.378 e. The highest BCUT2D eigenvalue weighted by atomic mass is 32.2. The maximum Gasteiger partial charge on any atom is 0.240 e. The number of sulfone groups is 1. The first-order valence-electron chi connectivity index (χ1n) is 6.70. The summed E-state index contributed by atoms with van der Waals surface area (Å²) in [4.78, 5) is 1.96. The van der Waals surface area contributed by atoms with Crippen molar-refractivity contribution in [2.24, 2.45) is 0 Å². The molecule has 0 radical (unpaired) electrons. The van der Waals surface area contributed by atoms with Gasteiger partial charge in [0, 0.05) is 25.8 Å². The molecule has 1 saturated heterocycles. The molecule has 1 aliphatic rings. The Morgan fingerprint density at radius 1 is 1.29 bits per heavy atom. The van der Waals surface area contributed by atoms with Crippen molar-refractivity contribution in [3.8, 4) is 0 Å². The van der Waals surface area contributed by atoms with Gasteiger partial charge in [-0.25, -0.2) is 21.6 Å². The molecule has 1 N–H and O–H groups in total. The Balaban J connectivity index is 2.20. The first-order valence-corrected chi connectivity index (χ1v) is 10.0. The molecule has 0 saturated carbocycles. The second kappa shape index (κ2) is 5.94. The molecule has 0 aromatic heterocycles. The maximum atomic E-state index is 12.4. The van der Waals surface area contributed by atoms with Gasteiger partial charge in [-0.2, -0.15) is 0 Å². The SMILES string of the molecule is CN(C)c1cccc(S(=O)(=O)NC2CCCS(=O)(=O)C2)c1. The van der Waals surface area contributed by atoms with Gasteiger partial charge in [-0.05, 0) is 31.0 Å². The number of rotatable bonds is 4. The minimum atomic E-state index is -3.71. The van der Waals surface area contributed by atoms with Crippen molar-refractivity contribution in [2.75, 3.05) is 30.5 Å². The molecule has 1 heterocycles. The lowest BCUT2D eigenvalue weighted by atomic mass is 10.2. The first-order chi connectivity index (χ1) is 9.70. The van der Waals surface area contributed by atoms with Crippen molar-refractivity contribution in [3.63, 3.8) is 0 Å². The zero-order valence-corrected chi connectivity index (χ0v) is 13.7. The Morgan fingerprint density at radius 3 is 2.62 bits per heavy atom. The number of anilines is 1. The monoisotopic (exact) mass is 332 g/mol. The van der Waals surface area contributed by atoms with Crippen LogP contribution >= 0.6 is 0 Å². The van der Waals surface area contributed by atoms with Crippen molar-refractivity contribution in [3.05, 3.63) is 24.3 Å². The highest BCUT2D eigenvalue weighted by Gasteiger charge is 2.28. The number of benzene rings is 1. The van der Waals surface area contributed by atoms with Crippen molar-refractivity contribution in [1.29, 1.82) is 0 Å². The van der Waals surface area contributed by atoms with Crippen LogP contribution in [0.2, 0.25) is 0 Å². The van der Waals surface area contributed by atoms with Crippen LogP contribution < -0.4 is 9.62 Å². The molecule has 0 spiro atoms. The van der Waals surface area contributed by atoms with E-state index >= 15 is 0 Å². The summed E-state index contributed by atoms with van der Waals surface area (Å²) in [6, 6.07) is 6.01. The lowest BCUT2D eigenvalue weighted by Gasteiger charge is -2.23. The van der Waals surface area contributed by atoms with E-state index in [2.05, 4.69) is 4.72 Å². The van der Waals surface area contributed by atoms with Crippen molar-refractivity contribution in [2.45, 2.75) is 23.8 Å². The van der Waals surface area contributed by atoms with E-state index in [4.69, 9.17) is 0 Å². The molecule has 6 nitrogen and oxygen atoms in total. The van der Waals surface area contributed by atoms with Gasteiger partial charge in [0.2, 0.25) is 10.0 Å². The van der Waals surface area contributed by atoms with E-state index in [1.165, 1.54) is 6.07 Å². The third-order valence-electron chi connectivity index (χ3n) is 3.43. The van der Waals surface area contributed by atoms with E-state index in [0.29, 0.717) is 12.8 Å². The minimum Gasteiger partial charge on any atom is -0.378 e. The minimum absolute atomic E-state index is 0.125. The van der Waals surface area contributed by atoms with Crippen molar-refractivity contribution >= 4 is 25.5 Å². The average Bonchev–Trinajstić information content (AvgIpc) is 2.37. The van der Waals surface area contributed by atoms with Crippen LogP contribution in [0.3, 0.4) is 0 Å². The molecule has 0 amide bonds. The summed E-state index contributed by atoms with van der Waals surface area (Å²) in [7, 11) is -3.20. The van der Waals surface area contributed by atoms with Gasteiger partial charge in [0.1, 0.15) is 0 Å². The number of nitrogens with zero attached hydrogens (tertiary/aromatic N) is 1. The van der Waals surface area contributed by atoms with E-state index in [1.54, 1.807) is 12.1 Å². The number of sulfonamides is 1. The Bertz CT molecular complexity index is 711. The number of nitrogens with one attached hydrogen (secondary N) is 1. The highest BCUT2D eigenvalue weighted by molar-refractivity contribution is 7.91. The molecular weight excluding hydrogens is 312 g/mol. The first kappa shape index (κ1) is 16.3. The molecule has 8 heteroatoms. The fourth-order valence-electron chi connectivity index (χ4n) is 2.33. The van der Waals surface area contributed by atoms with Gasteiger partial charge in [-0.3, -0.25) is 0 Å². The topological polar surface area (TPSA) is 83.6 Å². The Morgan fingerprint density at radius 2 is 2.00 bits per heavy atom. The van der Waals surface area contributed by atoms with E-state index < -0.39 is 25.9 Å². The van der Waals surface area contributed by atoms with Crippen LogP contribution in [0.1, 0.15) is 12.8 Å². The van der Waals surface area contributed by atoms with Crippen LogP contribution in [0.25, 0.3) is 0 Å². The van der Waals surface area contributed by atoms with Gasteiger partial charge in [-0.15, -0.1) is 0 Å². The number of hydrogen-bond donors (Lipinski definition) is 1. The lowest BCUT2D eigenvalue weighted by Crippen LogP contribution is -2.43. The maximum absolute atomic E-state index is 12.4. The van der Waals surface area contributed by atoms with E-state index in [0.717, 1.165) is 5.69 Å². The Kier molecular flexibility index (Phi) is 4.60. The fraction of sp³-hybridized carbons (Fsp3) is 0.538. The summed E-state index contributed by atoms with van der Waals surface area (Å²) in [6.45, 7) is 0. The molecule has 0 bridgehead atoms. The standard InChI is InChI=1S/C13H20N2O4S2/c1-15(2)12-6-3-7-13(9-12)21(18,19)14-11-5-4-8-20(16,17)10-11/h3,6-7,9,11,14H,4-5,8,10H2,1-2H3. The smallest absolute Gasteiger partial charge is 0.240 e. The zero-order chi connectivity index (χ0) is 15.7. The average molecular weight is 332 g/mol. The van der Waals surface area contributed by atoms with Gasteiger partial charge < -0.3 is 4.90 Å². The third kappa shape index (κ3) is 4.18. The van der Waals surface area contributed by atoms with E-state index in [9.17, 15) is 16.8 Å². The quantitative estimate of drug-likeness (QED) is 0.873. The van der Waals surface area contributed by atoms with E-state index in [1.807, 2.05) is 25.1 Å². The predicted molar refractivity (Wildman–Crippen MR) is 82.8 cm³/mol. The van der Waals surface area contributed by atoms with Crippen molar-refractivity contribution in [1.82, 2.24) is 4.72 Å². The van der Waals surface area contributed by atoms with Crippen LogP contribution in [0.15, 0.2) is 29.2 Å². The summed E-state index contributed by atoms with van der Waals surface area (Å²) in [5, 5.41) is 0. The van der Waals surface area contributed by atoms with Gasteiger partial charge in [-0.1, -0.05) is 6.07 Å². The molecule has 21 heavy (non-hydrogen) atoms. The summed E-state index contributed by atoms with van der Waals surface area (Å²) >= 11 is 0. The third-order valence-corrected chi connectivity index (χ3v) is 6.77. The molecular formula is C13H20N2O4S2. The van der Waals surface area contributed by atoms with Gasteiger partial charge in [0.25, 0.3) is 0 Å². The fourth-order valence-corrected chi connectivity index (χ4v) is 5.38. The molecule has 1 fully saturated rings. The van der Waals surface area contributed by atoms with Gasteiger partial charge >= 0.3 is 0 Å². The molecule has 1 unspecified atom stereocenters. The number of hydrogen-bond acceptors (Lipinski definition) is 5. The van der Waals surface area contributed by atoms with Crippen LogP contribution in [-0.4, -0.2) is 48.5 Å². The molecule has 1 aliphatic heterocycles. The van der Waals surface area contributed by atoms with Crippen molar-refractivity contribution < 1.29 is 16.8 Å². The molecule has 0 aliphatic carbocycles. The summed E-state index contributed by atoms with van der Waals surface area (Å²) in [5.41, 5.74) is 0.772. The summed E-state index contributed by atoms with van der Waals surface area (Å²) < 4.78 is 50.4. The summed E-state index contributed by atoms with van der Waals surface area (Å²) in [5.74, 6) is 0.0148. The molecule has 1 aromatic rings. The molecule has 118 valence electrons. The van der Waals surface area contributed by atoms with Crippen LogP contribution in [0.5, 0.6) is 0 Å². The highest BCUT2D eigenvalue weighted by Crippen LogP contribution is 2.19.